The Kier molecular flexibility index (Phi) is 3.09. The highest BCUT2D eigenvalue weighted by Gasteiger charge is 2.21. The minimum Gasteiger partial charge on any atom is -0.465 e. The van der Waals surface area contributed by atoms with Crippen molar-refractivity contribution in [2.45, 2.75) is 0 Å². The average Bonchev–Trinajstić information content (AvgIpc) is 2.32. The summed E-state index contributed by atoms with van der Waals surface area (Å²) < 4.78 is 17.7. The zero-order valence-corrected chi connectivity index (χ0v) is 9.02. The third kappa shape index (κ3) is 1.62. The molecule has 0 fully saturated rings. The number of rotatable bonds is 1. The van der Waals surface area contributed by atoms with Gasteiger partial charge in [-0.1, -0.05) is 11.6 Å². The lowest BCUT2D eigenvalue weighted by Gasteiger charge is -1.92. The third-order valence-corrected chi connectivity index (χ3v) is 3.72. The Balaban J connectivity index is 3.17. The lowest BCUT2D eigenvalue weighted by molar-refractivity contribution is 0.0601. The Labute approximate surface area is 85.4 Å². The van der Waals surface area contributed by atoms with E-state index < -0.39 is 11.8 Å². The summed E-state index contributed by atoms with van der Waals surface area (Å²) in [4.78, 5) is 10.8. The summed E-state index contributed by atoms with van der Waals surface area (Å²) >= 11 is 9.30. The Morgan fingerprint density at radius 1 is 1.75 bits per heavy atom. The average molecular weight is 274 g/mol. The van der Waals surface area contributed by atoms with Crippen molar-refractivity contribution in [3.05, 3.63) is 19.5 Å². The van der Waals surface area contributed by atoms with Crippen LogP contribution in [0.1, 0.15) is 9.67 Å². The number of hydrogen-bond acceptors (Lipinski definition) is 3. The van der Waals surface area contributed by atoms with E-state index in [0.717, 1.165) is 11.3 Å². The molecule has 66 valence electrons. The smallest absolute Gasteiger partial charge is 0.351 e. The molecule has 0 amide bonds. The van der Waals surface area contributed by atoms with Gasteiger partial charge in [0.25, 0.3) is 0 Å². The number of carbonyl (C=O) groups is 1. The van der Waals surface area contributed by atoms with Crippen molar-refractivity contribution in [3.63, 3.8) is 0 Å². The number of thiophene rings is 1. The van der Waals surface area contributed by atoms with Crippen LogP contribution in [0.15, 0.2) is 4.47 Å². The van der Waals surface area contributed by atoms with Gasteiger partial charge in [-0.3, -0.25) is 0 Å². The summed E-state index contributed by atoms with van der Waals surface area (Å²) in [6.45, 7) is 0. The molecule has 12 heavy (non-hydrogen) atoms. The predicted octanol–water partition coefficient (Wildman–Crippen LogP) is 3.09. The molecular weight excluding hydrogens is 270 g/mol. The molecule has 0 saturated heterocycles. The molecule has 0 atom stereocenters. The van der Waals surface area contributed by atoms with Crippen LogP contribution in [0.4, 0.5) is 4.39 Å². The predicted molar refractivity (Wildman–Crippen MR) is 48.3 cm³/mol. The van der Waals surface area contributed by atoms with E-state index in [9.17, 15) is 9.18 Å². The summed E-state index contributed by atoms with van der Waals surface area (Å²) in [5, 5.41) is 0. The Hall–Kier alpha value is -0.130. The standard InChI is InChI=1S/C6H3BrClFO2S/c1-11-6(10)4-3(9)2(7)5(8)12-4/h1H3. The van der Waals surface area contributed by atoms with Gasteiger partial charge in [-0.15, -0.1) is 11.3 Å². The van der Waals surface area contributed by atoms with Gasteiger partial charge in [0.2, 0.25) is 0 Å². The summed E-state index contributed by atoms with van der Waals surface area (Å²) in [5.74, 6) is -1.39. The van der Waals surface area contributed by atoms with Crippen molar-refractivity contribution in [1.82, 2.24) is 0 Å². The number of methoxy groups -OCH3 is 1. The van der Waals surface area contributed by atoms with E-state index in [1.165, 1.54) is 7.11 Å². The number of hydrogen-bond donors (Lipinski definition) is 0. The van der Waals surface area contributed by atoms with Gasteiger partial charge in [0.1, 0.15) is 4.34 Å². The lowest BCUT2D eigenvalue weighted by Crippen LogP contribution is -2.00. The largest absolute Gasteiger partial charge is 0.465 e. The maximum Gasteiger partial charge on any atom is 0.351 e. The number of carbonyl (C=O) groups excluding carboxylic acids is 1. The van der Waals surface area contributed by atoms with Crippen LogP contribution in [-0.2, 0) is 4.74 Å². The Morgan fingerprint density at radius 2 is 2.33 bits per heavy atom. The zero-order chi connectivity index (χ0) is 9.30. The van der Waals surface area contributed by atoms with Crippen LogP contribution >= 0.6 is 38.9 Å². The molecule has 0 spiro atoms. The first-order valence-corrected chi connectivity index (χ1v) is 4.78. The van der Waals surface area contributed by atoms with Crippen molar-refractivity contribution >= 4 is 44.8 Å². The molecule has 0 radical (unpaired) electrons. The van der Waals surface area contributed by atoms with Crippen LogP contribution in [0.5, 0.6) is 0 Å². The van der Waals surface area contributed by atoms with Gasteiger partial charge in [-0.2, -0.15) is 0 Å². The van der Waals surface area contributed by atoms with Gasteiger partial charge in [0.15, 0.2) is 10.7 Å². The fraction of sp³-hybridized carbons (Fsp3) is 0.167. The molecule has 0 aliphatic heterocycles. The van der Waals surface area contributed by atoms with Crippen molar-refractivity contribution in [3.8, 4) is 0 Å². The quantitative estimate of drug-likeness (QED) is 0.735. The van der Waals surface area contributed by atoms with Gasteiger partial charge in [-0.25, -0.2) is 9.18 Å². The van der Waals surface area contributed by atoms with Crippen LogP contribution in [-0.4, -0.2) is 13.1 Å². The molecule has 0 aromatic carbocycles. The first-order valence-electron chi connectivity index (χ1n) is 2.79. The first-order chi connectivity index (χ1) is 5.57. The van der Waals surface area contributed by atoms with Crippen LogP contribution in [0, 0.1) is 5.82 Å². The monoisotopic (exact) mass is 272 g/mol. The van der Waals surface area contributed by atoms with Crippen molar-refractivity contribution in [2.24, 2.45) is 0 Å². The maximum absolute atomic E-state index is 13.0. The molecular formula is C6H3BrClFO2S. The highest BCUT2D eigenvalue weighted by atomic mass is 79.9. The highest BCUT2D eigenvalue weighted by molar-refractivity contribution is 9.10. The third-order valence-electron chi connectivity index (χ3n) is 1.13. The molecule has 6 heteroatoms. The van der Waals surface area contributed by atoms with Gasteiger partial charge in [0.05, 0.1) is 11.6 Å². The number of esters is 1. The lowest BCUT2D eigenvalue weighted by atomic mass is 10.4. The van der Waals surface area contributed by atoms with E-state index in [1.54, 1.807) is 0 Å². The van der Waals surface area contributed by atoms with Gasteiger partial charge < -0.3 is 4.74 Å². The molecule has 1 rings (SSSR count). The summed E-state index contributed by atoms with van der Waals surface area (Å²) in [6.07, 6.45) is 0. The fourth-order valence-electron chi connectivity index (χ4n) is 0.589. The van der Waals surface area contributed by atoms with Crippen molar-refractivity contribution in [2.75, 3.05) is 7.11 Å². The molecule has 0 bridgehead atoms. The second kappa shape index (κ2) is 3.72. The molecule has 0 aliphatic carbocycles. The SMILES string of the molecule is COC(=O)c1sc(Cl)c(Br)c1F. The van der Waals surface area contributed by atoms with Crippen LogP contribution in [0.3, 0.4) is 0 Å². The van der Waals surface area contributed by atoms with Crippen LogP contribution in [0.25, 0.3) is 0 Å². The molecule has 1 aromatic rings. The second-order valence-electron chi connectivity index (χ2n) is 1.82. The molecule has 1 heterocycles. The van der Waals surface area contributed by atoms with E-state index in [2.05, 4.69) is 20.7 Å². The molecule has 0 saturated carbocycles. The minimum absolute atomic E-state index is 0.106. The minimum atomic E-state index is -0.718. The van der Waals surface area contributed by atoms with Gasteiger partial charge in [-0.05, 0) is 15.9 Å². The van der Waals surface area contributed by atoms with Crippen LogP contribution in [0.2, 0.25) is 4.34 Å². The second-order valence-corrected chi connectivity index (χ2v) is 4.24. The van der Waals surface area contributed by atoms with E-state index in [1.807, 2.05) is 0 Å². The van der Waals surface area contributed by atoms with Gasteiger partial charge in [0, 0.05) is 0 Å². The summed E-state index contributed by atoms with van der Waals surface area (Å²) in [7, 11) is 1.18. The number of halogens is 3. The maximum atomic E-state index is 13.0. The van der Waals surface area contributed by atoms with E-state index >= 15 is 0 Å². The molecule has 1 aromatic heterocycles. The Bertz CT molecular complexity index is 326. The summed E-state index contributed by atoms with van der Waals surface area (Å²) in [5.41, 5.74) is 0. The topological polar surface area (TPSA) is 26.3 Å². The van der Waals surface area contributed by atoms with E-state index in [0.29, 0.717) is 0 Å². The Morgan fingerprint density at radius 3 is 2.67 bits per heavy atom. The molecule has 0 unspecified atom stereocenters. The summed E-state index contributed by atoms with van der Waals surface area (Å²) in [6, 6.07) is 0. The van der Waals surface area contributed by atoms with Crippen molar-refractivity contribution in [1.29, 1.82) is 0 Å². The zero-order valence-electron chi connectivity index (χ0n) is 5.86. The first kappa shape index (κ1) is 9.95. The van der Waals surface area contributed by atoms with E-state index in [-0.39, 0.29) is 13.7 Å². The fourth-order valence-corrected chi connectivity index (χ4v) is 2.19. The normalized spacial score (nSPS) is 10.0. The van der Waals surface area contributed by atoms with Crippen LogP contribution < -0.4 is 0 Å². The molecule has 0 N–H and O–H groups in total. The molecule has 2 nitrogen and oxygen atoms in total. The highest BCUT2D eigenvalue weighted by Crippen LogP contribution is 2.35. The van der Waals surface area contributed by atoms with Gasteiger partial charge >= 0.3 is 5.97 Å². The van der Waals surface area contributed by atoms with Crippen molar-refractivity contribution < 1.29 is 13.9 Å². The van der Waals surface area contributed by atoms with E-state index in [4.69, 9.17) is 11.6 Å². The molecule has 0 aliphatic rings. The number of ether oxygens (including phenoxy) is 1.